The van der Waals surface area contributed by atoms with E-state index in [0.717, 1.165) is 16.6 Å². The third-order valence-corrected chi connectivity index (χ3v) is 5.56. The highest BCUT2D eigenvalue weighted by Gasteiger charge is 2.17. The average Bonchev–Trinajstić information content (AvgIpc) is 3.36. The fourth-order valence-electron chi connectivity index (χ4n) is 3.91. The van der Waals surface area contributed by atoms with Gasteiger partial charge in [0.15, 0.2) is 5.82 Å². The summed E-state index contributed by atoms with van der Waals surface area (Å²) in [5.74, 6) is 1.48. The van der Waals surface area contributed by atoms with E-state index in [9.17, 15) is 9.59 Å². The summed E-state index contributed by atoms with van der Waals surface area (Å²) < 4.78 is 12.2. The number of H-pyrrole nitrogens is 2. The molecule has 4 aromatic rings. The van der Waals surface area contributed by atoms with Gasteiger partial charge in [-0.15, -0.1) is 5.10 Å². The number of ether oxygens (including phenoxy) is 2. The Hall–Kier alpha value is -4.15. The van der Waals surface area contributed by atoms with E-state index in [1.807, 2.05) is 13.8 Å². The maximum Gasteiger partial charge on any atom is 0.253 e. The van der Waals surface area contributed by atoms with E-state index < -0.39 is 0 Å². The van der Waals surface area contributed by atoms with Gasteiger partial charge in [0.2, 0.25) is 11.9 Å². The van der Waals surface area contributed by atoms with Crippen molar-refractivity contribution in [3.63, 3.8) is 0 Å². The molecular weight excluding hydrogens is 426 g/mol. The molecule has 1 aromatic carbocycles. The summed E-state index contributed by atoms with van der Waals surface area (Å²) in [4.78, 5) is 32.3. The third-order valence-electron chi connectivity index (χ3n) is 5.56. The van der Waals surface area contributed by atoms with Gasteiger partial charge in [-0.25, -0.2) is 0 Å². The number of hydrogen-bond acceptors (Lipinski definition) is 7. The van der Waals surface area contributed by atoms with Crippen LogP contribution in [0.5, 0.6) is 11.5 Å². The molecule has 3 N–H and O–H groups in total. The summed E-state index contributed by atoms with van der Waals surface area (Å²) in [6, 6.07) is 5.30. The van der Waals surface area contributed by atoms with Crippen molar-refractivity contribution in [1.29, 1.82) is 0 Å². The van der Waals surface area contributed by atoms with Crippen molar-refractivity contribution < 1.29 is 14.3 Å². The lowest BCUT2D eigenvalue weighted by Crippen LogP contribution is -2.19. The van der Waals surface area contributed by atoms with Gasteiger partial charge in [0.05, 0.1) is 25.5 Å². The SMILES string of the molecule is COc1ccc(-c2nc(NC(=O)CCc3c(C)c4c(C)nn(C)c4[nH]c3=O)n[nH]2)c(OC)c1. The van der Waals surface area contributed by atoms with Gasteiger partial charge >= 0.3 is 0 Å². The van der Waals surface area contributed by atoms with Gasteiger partial charge in [0.1, 0.15) is 17.1 Å². The summed E-state index contributed by atoms with van der Waals surface area (Å²) in [5, 5.41) is 14.8. The topological polar surface area (TPSA) is 140 Å². The van der Waals surface area contributed by atoms with Gasteiger partial charge in [-0.3, -0.25) is 24.7 Å². The Bertz CT molecular complexity index is 1400. The number of amides is 1. The lowest BCUT2D eigenvalue weighted by molar-refractivity contribution is -0.116. The van der Waals surface area contributed by atoms with Crippen molar-refractivity contribution in [2.75, 3.05) is 19.5 Å². The molecular formula is C22H25N7O4. The van der Waals surface area contributed by atoms with Crippen LogP contribution in [-0.4, -0.2) is 50.1 Å². The lowest BCUT2D eigenvalue weighted by Gasteiger charge is -2.08. The third kappa shape index (κ3) is 4.16. The summed E-state index contributed by atoms with van der Waals surface area (Å²) in [7, 11) is 4.90. The van der Waals surface area contributed by atoms with Crippen LogP contribution in [0.3, 0.4) is 0 Å². The number of rotatable bonds is 7. The number of methoxy groups -OCH3 is 2. The molecule has 3 heterocycles. The molecule has 0 atom stereocenters. The molecule has 0 unspecified atom stereocenters. The highest BCUT2D eigenvalue weighted by atomic mass is 16.5. The molecule has 0 aliphatic rings. The minimum atomic E-state index is -0.302. The van der Waals surface area contributed by atoms with Crippen molar-refractivity contribution in [3.8, 4) is 22.9 Å². The molecule has 0 saturated heterocycles. The Morgan fingerprint density at radius 3 is 2.73 bits per heavy atom. The van der Waals surface area contributed by atoms with Crippen LogP contribution in [0, 0.1) is 13.8 Å². The van der Waals surface area contributed by atoms with Crippen LogP contribution in [0.2, 0.25) is 0 Å². The molecule has 0 spiro atoms. The van der Waals surface area contributed by atoms with Gasteiger partial charge in [-0.05, 0) is 38.0 Å². The quantitative estimate of drug-likeness (QED) is 0.391. The van der Waals surface area contributed by atoms with Crippen molar-refractivity contribution >= 4 is 22.9 Å². The second-order valence-electron chi connectivity index (χ2n) is 7.61. The molecule has 0 aliphatic heterocycles. The van der Waals surface area contributed by atoms with Crippen molar-refractivity contribution in [2.45, 2.75) is 26.7 Å². The number of hydrogen-bond donors (Lipinski definition) is 3. The fourth-order valence-corrected chi connectivity index (χ4v) is 3.91. The van der Waals surface area contributed by atoms with E-state index in [1.54, 1.807) is 44.1 Å². The Morgan fingerprint density at radius 1 is 1.21 bits per heavy atom. The first-order valence-electron chi connectivity index (χ1n) is 10.3. The summed E-state index contributed by atoms with van der Waals surface area (Å²) in [6.07, 6.45) is 0.380. The highest BCUT2D eigenvalue weighted by Crippen LogP contribution is 2.31. The standard InChI is InChI=1S/C22H25N7O4/c1-11-14(21(31)25-20-18(11)12(2)28-29(20)3)8-9-17(30)23-22-24-19(26-27-22)15-7-6-13(32-4)10-16(15)33-5/h6-7,10H,8-9H2,1-5H3,(H,25,31)(H2,23,24,26,27,30). The number of nitrogens with one attached hydrogen (secondary N) is 3. The molecule has 0 bridgehead atoms. The summed E-state index contributed by atoms with van der Waals surface area (Å²) in [5.41, 5.74) is 3.35. The number of anilines is 1. The van der Waals surface area contributed by atoms with Gasteiger partial charge in [-0.2, -0.15) is 10.1 Å². The van der Waals surface area contributed by atoms with Crippen molar-refractivity contribution in [1.82, 2.24) is 29.9 Å². The number of aromatic nitrogens is 6. The molecule has 4 rings (SSSR count). The molecule has 11 nitrogen and oxygen atoms in total. The number of nitrogens with zero attached hydrogens (tertiary/aromatic N) is 4. The predicted octanol–water partition coefficient (Wildman–Crippen LogP) is 2.25. The minimum Gasteiger partial charge on any atom is -0.497 e. The smallest absolute Gasteiger partial charge is 0.253 e. The van der Waals surface area contributed by atoms with Gasteiger partial charge in [0.25, 0.3) is 5.56 Å². The van der Waals surface area contributed by atoms with Crippen LogP contribution >= 0.6 is 0 Å². The van der Waals surface area contributed by atoms with E-state index in [2.05, 4.69) is 30.6 Å². The highest BCUT2D eigenvalue weighted by molar-refractivity contribution is 5.89. The van der Waals surface area contributed by atoms with Crippen LogP contribution in [0.15, 0.2) is 23.0 Å². The molecule has 11 heteroatoms. The molecule has 3 aromatic heterocycles. The molecule has 33 heavy (non-hydrogen) atoms. The Balaban J connectivity index is 1.47. The maximum atomic E-state index is 12.6. The van der Waals surface area contributed by atoms with Crippen molar-refractivity contribution in [3.05, 3.63) is 45.4 Å². The summed E-state index contributed by atoms with van der Waals surface area (Å²) in [6.45, 7) is 3.77. The number of pyridine rings is 1. The molecule has 172 valence electrons. The molecule has 0 fully saturated rings. The normalized spacial score (nSPS) is 11.1. The summed E-state index contributed by atoms with van der Waals surface area (Å²) >= 11 is 0. The van der Waals surface area contributed by atoms with E-state index in [0.29, 0.717) is 34.1 Å². The first kappa shape index (κ1) is 22.1. The molecule has 0 aliphatic carbocycles. The minimum absolute atomic E-state index is 0.102. The van der Waals surface area contributed by atoms with Crippen LogP contribution < -0.4 is 20.3 Å². The van der Waals surface area contributed by atoms with Crippen LogP contribution in [0.25, 0.3) is 22.4 Å². The first-order chi connectivity index (χ1) is 15.8. The Labute approximate surface area is 189 Å². The van der Waals surface area contributed by atoms with Crippen LogP contribution in [0.4, 0.5) is 5.95 Å². The number of fused-ring (bicyclic) bond motifs is 1. The number of aromatic amines is 2. The zero-order valence-corrected chi connectivity index (χ0v) is 19.1. The van der Waals surface area contributed by atoms with E-state index in [1.165, 1.54) is 0 Å². The van der Waals surface area contributed by atoms with Crippen molar-refractivity contribution in [2.24, 2.45) is 7.05 Å². The molecule has 0 radical (unpaired) electrons. The van der Waals surface area contributed by atoms with E-state index in [-0.39, 0.29) is 30.3 Å². The predicted molar refractivity (Wildman–Crippen MR) is 123 cm³/mol. The number of carbonyl (C=O) groups is 1. The lowest BCUT2D eigenvalue weighted by atomic mass is 10.0. The van der Waals surface area contributed by atoms with Gasteiger partial charge in [-0.1, -0.05) is 0 Å². The second-order valence-corrected chi connectivity index (χ2v) is 7.61. The first-order valence-corrected chi connectivity index (χ1v) is 10.3. The Kier molecular flexibility index (Phi) is 5.86. The van der Waals surface area contributed by atoms with E-state index in [4.69, 9.17) is 9.47 Å². The zero-order chi connectivity index (χ0) is 23.7. The molecule has 0 saturated carbocycles. The van der Waals surface area contributed by atoms with Gasteiger partial charge < -0.3 is 14.5 Å². The van der Waals surface area contributed by atoms with Crippen LogP contribution in [0.1, 0.15) is 23.2 Å². The van der Waals surface area contributed by atoms with Gasteiger partial charge in [0, 0.05) is 30.5 Å². The largest absolute Gasteiger partial charge is 0.497 e. The number of aryl methyl sites for hydroxylation is 3. The monoisotopic (exact) mass is 451 g/mol. The van der Waals surface area contributed by atoms with Crippen LogP contribution in [-0.2, 0) is 18.3 Å². The average molecular weight is 451 g/mol. The fraction of sp³-hybridized carbons (Fsp3) is 0.318. The number of carbonyl (C=O) groups excluding carboxylic acids is 1. The Morgan fingerprint density at radius 2 is 2.00 bits per heavy atom. The molecule has 1 amide bonds. The zero-order valence-electron chi connectivity index (χ0n) is 19.1. The number of benzene rings is 1. The maximum absolute atomic E-state index is 12.6. The second kappa shape index (κ2) is 8.77. The van der Waals surface area contributed by atoms with E-state index >= 15 is 0 Å².